The molecular weight excluding hydrogens is 382 g/mol. The van der Waals surface area contributed by atoms with E-state index in [4.69, 9.17) is 30.5 Å². The second-order valence-electron chi connectivity index (χ2n) is 6.50. The van der Waals surface area contributed by atoms with E-state index in [1.165, 1.54) is 0 Å². The highest BCUT2D eigenvalue weighted by Gasteiger charge is 2.27. The highest BCUT2D eigenvalue weighted by Crippen LogP contribution is 2.42. The van der Waals surface area contributed by atoms with Crippen molar-refractivity contribution in [1.29, 1.82) is 0 Å². The second kappa shape index (κ2) is 9.17. The zero-order chi connectivity index (χ0) is 20.1. The number of hydrogen-bond acceptors (Lipinski definition) is 5. The predicted molar refractivity (Wildman–Crippen MR) is 108 cm³/mol. The second-order valence-corrected chi connectivity index (χ2v) is 6.91. The summed E-state index contributed by atoms with van der Waals surface area (Å²) < 4.78 is 21.7. The summed E-state index contributed by atoms with van der Waals surface area (Å²) >= 11 is 6.49. The summed E-state index contributed by atoms with van der Waals surface area (Å²) in [4.78, 5) is 11.8. The minimum Gasteiger partial charge on any atom is -0.497 e. The Bertz CT molecular complexity index is 855. The Morgan fingerprint density at radius 1 is 1.21 bits per heavy atom. The van der Waals surface area contributed by atoms with E-state index < -0.39 is 0 Å². The molecule has 0 saturated carbocycles. The average molecular weight is 406 g/mol. The number of carbonyl (C=O) groups excluding carboxylic acids is 1. The van der Waals surface area contributed by atoms with Gasteiger partial charge in [-0.25, -0.2) is 0 Å². The van der Waals surface area contributed by atoms with E-state index in [9.17, 15) is 4.79 Å². The van der Waals surface area contributed by atoms with Gasteiger partial charge in [-0.2, -0.15) is 0 Å². The van der Waals surface area contributed by atoms with Gasteiger partial charge in [0.05, 0.1) is 32.4 Å². The number of amides is 1. The van der Waals surface area contributed by atoms with Gasteiger partial charge >= 0.3 is 0 Å². The molecule has 2 aromatic carbocycles. The summed E-state index contributed by atoms with van der Waals surface area (Å²) in [6.45, 7) is 0.820. The highest BCUT2D eigenvalue weighted by molar-refractivity contribution is 6.32. The predicted octanol–water partition coefficient (Wildman–Crippen LogP) is 3.48. The molecule has 1 atom stereocenters. The first kappa shape index (κ1) is 20.3. The molecule has 28 heavy (non-hydrogen) atoms. The van der Waals surface area contributed by atoms with Crippen molar-refractivity contribution < 1.29 is 23.7 Å². The first-order valence-electron chi connectivity index (χ1n) is 9.02. The minimum absolute atomic E-state index is 0.0608. The lowest BCUT2D eigenvalue weighted by atomic mass is 9.99. The maximum Gasteiger partial charge on any atom is 0.222 e. The fraction of sp³-hybridized carbons (Fsp3) is 0.381. The molecule has 1 amide bonds. The van der Waals surface area contributed by atoms with Gasteiger partial charge in [-0.15, -0.1) is 0 Å². The Hall–Kier alpha value is -2.44. The summed E-state index contributed by atoms with van der Waals surface area (Å²) in [6, 6.07) is 9.54. The lowest BCUT2D eigenvalue weighted by Crippen LogP contribution is -2.34. The van der Waals surface area contributed by atoms with Gasteiger partial charge in [0.25, 0.3) is 0 Å². The monoisotopic (exact) mass is 405 g/mol. The zero-order valence-corrected chi connectivity index (χ0v) is 17.0. The van der Waals surface area contributed by atoms with E-state index in [0.29, 0.717) is 36.8 Å². The lowest BCUT2D eigenvalue weighted by molar-refractivity contribution is -0.122. The molecule has 0 aliphatic carbocycles. The Kier molecular flexibility index (Phi) is 6.65. The van der Waals surface area contributed by atoms with Gasteiger partial charge in [0.2, 0.25) is 5.91 Å². The van der Waals surface area contributed by atoms with Crippen molar-refractivity contribution in [3.05, 3.63) is 40.9 Å². The van der Waals surface area contributed by atoms with E-state index in [1.54, 1.807) is 21.3 Å². The van der Waals surface area contributed by atoms with Crippen LogP contribution in [0, 0.1) is 0 Å². The van der Waals surface area contributed by atoms with Crippen LogP contribution in [0.15, 0.2) is 30.3 Å². The van der Waals surface area contributed by atoms with Crippen LogP contribution in [-0.2, 0) is 16.0 Å². The molecule has 1 unspecified atom stereocenters. The first-order valence-corrected chi connectivity index (χ1v) is 9.40. The Balaban J connectivity index is 1.78. The summed E-state index contributed by atoms with van der Waals surface area (Å²) in [5, 5.41) is 3.40. The van der Waals surface area contributed by atoms with E-state index in [2.05, 4.69) is 5.32 Å². The standard InChI is InChI=1S/C21H24ClNO5/c1-25-7-6-20(24)23-12-16-9-14-8-13(10-18(22)21(14)28-16)17-11-15(26-2)4-5-19(17)27-3/h4-5,8,10-11,16H,6-7,9,12H2,1-3H3,(H,23,24). The van der Waals surface area contributed by atoms with Crippen molar-refractivity contribution >= 4 is 17.5 Å². The fourth-order valence-corrected chi connectivity index (χ4v) is 3.49. The molecule has 0 bridgehead atoms. The van der Waals surface area contributed by atoms with Crippen LogP contribution in [0.1, 0.15) is 12.0 Å². The SMILES string of the molecule is COCCC(=O)NCC1Cc2cc(-c3cc(OC)ccc3OC)cc(Cl)c2O1. The van der Waals surface area contributed by atoms with Crippen molar-refractivity contribution in [2.75, 3.05) is 34.5 Å². The largest absolute Gasteiger partial charge is 0.497 e. The van der Waals surface area contributed by atoms with E-state index in [1.807, 2.05) is 30.3 Å². The van der Waals surface area contributed by atoms with Gasteiger partial charge in [0.1, 0.15) is 23.4 Å². The molecular formula is C21H24ClNO5. The summed E-state index contributed by atoms with van der Waals surface area (Å²) in [5.74, 6) is 2.08. The summed E-state index contributed by atoms with van der Waals surface area (Å²) in [5.41, 5.74) is 2.82. The van der Waals surface area contributed by atoms with E-state index >= 15 is 0 Å². The average Bonchev–Trinajstić information content (AvgIpc) is 3.13. The van der Waals surface area contributed by atoms with Crippen LogP contribution in [0.4, 0.5) is 0 Å². The van der Waals surface area contributed by atoms with Crippen LogP contribution in [0.2, 0.25) is 5.02 Å². The summed E-state index contributed by atoms with van der Waals surface area (Å²) in [7, 11) is 4.83. The van der Waals surface area contributed by atoms with Crippen molar-refractivity contribution in [3.63, 3.8) is 0 Å². The van der Waals surface area contributed by atoms with Crippen molar-refractivity contribution in [2.45, 2.75) is 18.9 Å². The van der Waals surface area contributed by atoms with Gasteiger partial charge in [0, 0.05) is 31.1 Å². The van der Waals surface area contributed by atoms with Crippen LogP contribution < -0.4 is 19.5 Å². The number of halogens is 1. The molecule has 6 nitrogen and oxygen atoms in total. The molecule has 150 valence electrons. The molecule has 0 radical (unpaired) electrons. The number of ether oxygens (including phenoxy) is 4. The third kappa shape index (κ3) is 4.51. The van der Waals surface area contributed by atoms with Crippen LogP contribution in [-0.4, -0.2) is 46.5 Å². The third-order valence-corrected chi connectivity index (χ3v) is 4.91. The van der Waals surface area contributed by atoms with Gasteiger partial charge < -0.3 is 24.3 Å². The van der Waals surface area contributed by atoms with E-state index in [-0.39, 0.29) is 12.0 Å². The van der Waals surface area contributed by atoms with Crippen LogP contribution in [0.25, 0.3) is 11.1 Å². The van der Waals surface area contributed by atoms with Crippen molar-refractivity contribution in [3.8, 4) is 28.4 Å². The number of rotatable bonds is 8. The highest BCUT2D eigenvalue weighted by atomic mass is 35.5. The van der Waals surface area contributed by atoms with Gasteiger partial charge in [-0.3, -0.25) is 4.79 Å². The first-order chi connectivity index (χ1) is 13.5. The van der Waals surface area contributed by atoms with Crippen molar-refractivity contribution in [1.82, 2.24) is 5.32 Å². The number of fused-ring (bicyclic) bond motifs is 1. The molecule has 7 heteroatoms. The fourth-order valence-electron chi connectivity index (χ4n) is 3.21. The molecule has 0 fully saturated rings. The molecule has 1 aliphatic rings. The number of hydrogen-bond donors (Lipinski definition) is 1. The molecule has 0 saturated heterocycles. The van der Waals surface area contributed by atoms with Crippen molar-refractivity contribution in [2.24, 2.45) is 0 Å². The molecule has 1 N–H and O–H groups in total. The maximum absolute atomic E-state index is 11.8. The number of carbonyl (C=O) groups is 1. The van der Waals surface area contributed by atoms with Crippen LogP contribution >= 0.6 is 11.6 Å². The Labute approximate surface area is 169 Å². The lowest BCUT2D eigenvalue weighted by Gasteiger charge is -2.13. The normalized spacial score (nSPS) is 14.9. The van der Waals surface area contributed by atoms with Crippen LogP contribution in [0.5, 0.6) is 17.2 Å². The van der Waals surface area contributed by atoms with E-state index in [0.717, 1.165) is 28.2 Å². The molecule has 3 rings (SSSR count). The molecule has 1 aliphatic heterocycles. The number of methoxy groups -OCH3 is 3. The molecule has 0 spiro atoms. The number of benzene rings is 2. The summed E-state index contributed by atoms with van der Waals surface area (Å²) in [6.07, 6.45) is 0.845. The minimum atomic E-state index is -0.151. The third-order valence-electron chi connectivity index (χ3n) is 4.63. The zero-order valence-electron chi connectivity index (χ0n) is 16.2. The topological polar surface area (TPSA) is 66.0 Å². The molecule has 1 heterocycles. The van der Waals surface area contributed by atoms with Gasteiger partial charge in [-0.1, -0.05) is 11.6 Å². The van der Waals surface area contributed by atoms with Gasteiger partial charge in [-0.05, 0) is 35.9 Å². The molecule has 0 aromatic heterocycles. The number of nitrogens with one attached hydrogen (secondary N) is 1. The Morgan fingerprint density at radius 2 is 2.04 bits per heavy atom. The quantitative estimate of drug-likeness (QED) is 0.728. The maximum atomic E-state index is 11.8. The molecule has 2 aromatic rings. The smallest absolute Gasteiger partial charge is 0.222 e. The van der Waals surface area contributed by atoms with Crippen LogP contribution in [0.3, 0.4) is 0 Å². The Morgan fingerprint density at radius 3 is 2.75 bits per heavy atom. The van der Waals surface area contributed by atoms with Gasteiger partial charge in [0.15, 0.2) is 0 Å².